The van der Waals surface area contributed by atoms with Crippen LogP contribution in [-0.2, 0) is 42.9 Å². The number of carboxylic acid groups (broad SMARTS) is 2. The van der Waals surface area contributed by atoms with E-state index < -0.39 is 46.9 Å². The fourth-order valence-corrected chi connectivity index (χ4v) is 8.70. The average molecular weight is 593 g/mol. The van der Waals surface area contributed by atoms with Gasteiger partial charge in [-0.25, -0.2) is 4.79 Å². The van der Waals surface area contributed by atoms with Gasteiger partial charge in [0.05, 0.1) is 18.9 Å². The zero-order valence-electron chi connectivity index (χ0n) is 24.1. The summed E-state index contributed by atoms with van der Waals surface area (Å²) in [6, 6.07) is -0.742. The SMILES string of the molecule is CC(C)[C@]12O[C@H]1[C@@H]1O[C@]13[C@]1(O[C@H]1C[C@H]1C4=C(CC[C@@]13C)C(=O)OC4)[C@@H]2OC(=O)CCC(=O)O.NCCC[C@H](N)C(=O)O. The van der Waals surface area contributed by atoms with Crippen LogP contribution in [0.2, 0.25) is 0 Å². The lowest BCUT2D eigenvalue weighted by Gasteiger charge is -2.53. The number of cyclic esters (lactones) is 1. The van der Waals surface area contributed by atoms with E-state index >= 15 is 0 Å². The molecule has 4 heterocycles. The number of ether oxygens (including phenoxy) is 5. The predicted molar refractivity (Wildman–Crippen MR) is 142 cm³/mol. The minimum absolute atomic E-state index is 0.0632. The largest absolute Gasteiger partial charge is 0.481 e. The van der Waals surface area contributed by atoms with E-state index in [2.05, 4.69) is 6.92 Å². The Kier molecular flexibility index (Phi) is 6.82. The van der Waals surface area contributed by atoms with Crippen LogP contribution in [0.4, 0.5) is 0 Å². The van der Waals surface area contributed by atoms with Gasteiger partial charge in [0.2, 0.25) is 0 Å². The van der Waals surface area contributed by atoms with Crippen molar-refractivity contribution in [3.05, 3.63) is 11.1 Å². The van der Waals surface area contributed by atoms with Crippen molar-refractivity contribution in [1.82, 2.24) is 0 Å². The van der Waals surface area contributed by atoms with Gasteiger partial charge in [0.15, 0.2) is 11.7 Å². The van der Waals surface area contributed by atoms with Crippen molar-refractivity contribution < 1.29 is 53.1 Å². The standard InChI is InChI=1S/C24H28O9.C5H12N2O2/c1-10(2)22-17(32-22)18-24(33-18)21(3)7-6-11-12(9-29-19(11)28)13(21)8-14-23(24,31-14)20(22)30-16(27)5-4-15(25)26;6-3-1-2-4(7)5(8)9/h10,13-14,17-18,20H,4-9H2,1-3H3,(H,25,26);4H,1-3,6-7H2,(H,8,9)/t13-,14-,17-,18-,20+,21-,22-,23+,24+;4-/m00/s1. The third-order valence-corrected chi connectivity index (χ3v) is 10.9. The molecule has 2 saturated carbocycles. The van der Waals surface area contributed by atoms with Crippen LogP contribution in [0.3, 0.4) is 0 Å². The van der Waals surface area contributed by atoms with Gasteiger partial charge in [-0.3, -0.25) is 14.4 Å². The number of nitrogens with two attached hydrogens (primary N) is 2. The Morgan fingerprint density at radius 3 is 2.50 bits per heavy atom. The second kappa shape index (κ2) is 9.71. The fourth-order valence-electron chi connectivity index (χ4n) is 8.70. The molecule has 10 atom stereocenters. The third kappa shape index (κ3) is 3.79. The Bertz CT molecular complexity index is 1250. The molecule has 0 radical (unpaired) electrons. The number of aliphatic carboxylic acids is 2. The molecule has 4 aliphatic heterocycles. The number of rotatable bonds is 9. The molecule has 42 heavy (non-hydrogen) atoms. The molecule has 13 heteroatoms. The van der Waals surface area contributed by atoms with Crippen LogP contribution in [-0.4, -0.2) is 94.5 Å². The summed E-state index contributed by atoms with van der Waals surface area (Å²) in [6.07, 6.45) is 1.60. The van der Waals surface area contributed by atoms with E-state index in [1.165, 1.54) is 0 Å². The monoisotopic (exact) mass is 592 g/mol. The lowest BCUT2D eigenvalue weighted by Crippen LogP contribution is -2.70. The summed E-state index contributed by atoms with van der Waals surface area (Å²) in [7, 11) is 0. The van der Waals surface area contributed by atoms with Crippen molar-refractivity contribution in [2.75, 3.05) is 13.2 Å². The van der Waals surface area contributed by atoms with E-state index in [1.807, 2.05) is 13.8 Å². The first-order valence-electron chi connectivity index (χ1n) is 14.8. The van der Waals surface area contributed by atoms with Gasteiger partial charge in [-0.1, -0.05) is 20.8 Å². The average Bonchev–Trinajstić information content (AvgIpc) is 3.85. The summed E-state index contributed by atoms with van der Waals surface area (Å²) in [5.41, 5.74) is 9.71. The van der Waals surface area contributed by atoms with Crippen LogP contribution in [0, 0.1) is 17.3 Å². The summed E-state index contributed by atoms with van der Waals surface area (Å²) in [6.45, 7) is 7.15. The van der Waals surface area contributed by atoms with Gasteiger partial charge in [-0.15, -0.1) is 0 Å². The maximum Gasteiger partial charge on any atom is 0.334 e. The fraction of sp³-hybridized carbons (Fsp3) is 0.793. The molecule has 7 rings (SSSR count). The Morgan fingerprint density at radius 1 is 1.12 bits per heavy atom. The zero-order valence-corrected chi connectivity index (χ0v) is 24.1. The zero-order chi connectivity index (χ0) is 30.4. The molecule has 0 aromatic heterocycles. The number of carbonyl (C=O) groups excluding carboxylic acids is 2. The first-order valence-corrected chi connectivity index (χ1v) is 14.8. The van der Waals surface area contributed by atoms with Crippen LogP contribution < -0.4 is 11.5 Å². The smallest absolute Gasteiger partial charge is 0.334 e. The van der Waals surface area contributed by atoms with Gasteiger partial charge in [-0.05, 0) is 56.1 Å². The summed E-state index contributed by atoms with van der Waals surface area (Å²) < 4.78 is 30.9. The summed E-state index contributed by atoms with van der Waals surface area (Å²) >= 11 is 0. The van der Waals surface area contributed by atoms with Crippen LogP contribution in [0.15, 0.2) is 11.1 Å². The van der Waals surface area contributed by atoms with Gasteiger partial charge in [0.25, 0.3) is 0 Å². The highest BCUT2D eigenvalue weighted by Crippen LogP contribution is 2.83. The molecule has 3 saturated heterocycles. The quantitative estimate of drug-likeness (QED) is 0.214. The maximum absolute atomic E-state index is 12.7. The molecule has 13 nitrogen and oxygen atoms in total. The second-order valence-electron chi connectivity index (χ2n) is 13.1. The van der Waals surface area contributed by atoms with Crippen molar-refractivity contribution in [3.63, 3.8) is 0 Å². The number of fused-ring (bicyclic) bond motifs is 4. The Labute approximate surface area is 243 Å². The molecule has 7 aliphatic rings. The number of hydrogen-bond acceptors (Lipinski definition) is 11. The Morgan fingerprint density at radius 2 is 1.86 bits per heavy atom. The summed E-state index contributed by atoms with van der Waals surface area (Å²) in [5.74, 6) is -2.58. The van der Waals surface area contributed by atoms with Gasteiger partial charge in [0.1, 0.15) is 36.1 Å². The third-order valence-electron chi connectivity index (χ3n) is 10.9. The maximum atomic E-state index is 12.7. The van der Waals surface area contributed by atoms with Crippen LogP contribution >= 0.6 is 0 Å². The number of carboxylic acids is 2. The Balaban J connectivity index is 0.000000307. The summed E-state index contributed by atoms with van der Waals surface area (Å²) in [4.78, 5) is 46.0. The molecule has 3 aliphatic carbocycles. The normalized spacial score (nSPS) is 43.6. The first kappa shape index (κ1) is 29.5. The van der Waals surface area contributed by atoms with Gasteiger partial charge >= 0.3 is 23.9 Å². The van der Waals surface area contributed by atoms with Gasteiger partial charge < -0.3 is 45.4 Å². The molecule has 0 aromatic rings. The molecule has 232 valence electrons. The molecule has 5 fully saturated rings. The molecular formula is C29H40N2O11. The van der Waals surface area contributed by atoms with Gasteiger partial charge in [-0.2, -0.15) is 0 Å². The van der Waals surface area contributed by atoms with E-state index in [0.717, 1.165) is 17.6 Å². The highest BCUT2D eigenvalue weighted by molar-refractivity contribution is 5.92. The molecule has 0 bridgehead atoms. The molecule has 0 unspecified atom stereocenters. The van der Waals surface area contributed by atoms with Crippen molar-refractivity contribution in [2.45, 2.75) is 113 Å². The van der Waals surface area contributed by atoms with Crippen molar-refractivity contribution >= 4 is 23.9 Å². The van der Waals surface area contributed by atoms with Crippen LogP contribution in [0.25, 0.3) is 0 Å². The van der Waals surface area contributed by atoms with E-state index in [9.17, 15) is 19.2 Å². The lowest BCUT2D eigenvalue weighted by molar-refractivity contribution is -0.170. The minimum atomic E-state index is -1.04. The number of esters is 2. The van der Waals surface area contributed by atoms with Crippen LogP contribution in [0.1, 0.15) is 65.7 Å². The molecule has 6 N–H and O–H groups in total. The van der Waals surface area contributed by atoms with E-state index in [-0.39, 0.29) is 54.4 Å². The van der Waals surface area contributed by atoms with E-state index in [1.54, 1.807) is 0 Å². The topological polar surface area (TPSA) is 217 Å². The lowest BCUT2D eigenvalue weighted by atomic mass is 9.46. The predicted octanol–water partition coefficient (Wildman–Crippen LogP) is 0.656. The summed E-state index contributed by atoms with van der Waals surface area (Å²) in [5, 5.41) is 17.2. The highest BCUT2D eigenvalue weighted by Gasteiger charge is 3.01. The van der Waals surface area contributed by atoms with Crippen molar-refractivity contribution in [3.8, 4) is 0 Å². The number of epoxide rings is 3. The molecule has 0 aromatic carbocycles. The van der Waals surface area contributed by atoms with E-state index in [4.69, 9.17) is 45.4 Å². The van der Waals surface area contributed by atoms with Gasteiger partial charge in [0, 0.05) is 11.0 Å². The highest BCUT2D eigenvalue weighted by atomic mass is 16.8. The second-order valence-corrected chi connectivity index (χ2v) is 13.1. The van der Waals surface area contributed by atoms with E-state index in [0.29, 0.717) is 38.8 Å². The molecule has 0 amide bonds. The molecule has 2 spiro atoms. The molecular weight excluding hydrogens is 552 g/mol. The van der Waals surface area contributed by atoms with Crippen LogP contribution in [0.5, 0.6) is 0 Å². The van der Waals surface area contributed by atoms with Crippen molar-refractivity contribution in [1.29, 1.82) is 0 Å². The number of carbonyl (C=O) groups is 4. The number of hydrogen-bond donors (Lipinski definition) is 4. The minimum Gasteiger partial charge on any atom is -0.481 e. The first-order chi connectivity index (χ1) is 19.8. The Hall–Kier alpha value is -2.58. The van der Waals surface area contributed by atoms with Crippen molar-refractivity contribution in [2.24, 2.45) is 28.7 Å².